The molecule has 1 heterocycles. The van der Waals surface area contributed by atoms with E-state index in [2.05, 4.69) is 10.6 Å². The Bertz CT molecular complexity index is 656. The van der Waals surface area contributed by atoms with Gasteiger partial charge in [-0.15, -0.1) is 0 Å². The predicted molar refractivity (Wildman–Crippen MR) is 71.6 cm³/mol. The molecule has 114 valence electrons. The fourth-order valence-electron chi connectivity index (χ4n) is 1.99. The van der Waals surface area contributed by atoms with Crippen LogP contribution in [0, 0.1) is 0 Å². The first kappa shape index (κ1) is 15.4. The number of hydrogen-bond acceptors (Lipinski definition) is 5. The summed E-state index contributed by atoms with van der Waals surface area (Å²) < 4.78 is 37.2. The average molecular weight is 314 g/mol. The van der Waals surface area contributed by atoms with Gasteiger partial charge >= 0.3 is 0 Å². The average Bonchev–Trinajstić information content (AvgIpc) is 2.42. The van der Waals surface area contributed by atoms with Gasteiger partial charge < -0.3 is 15.4 Å². The van der Waals surface area contributed by atoms with Crippen molar-refractivity contribution in [2.75, 3.05) is 13.7 Å². The fraction of sp³-hybridized carbons (Fsp3) is 0.333. The molecule has 8 nitrogen and oxygen atoms in total. The van der Waals surface area contributed by atoms with E-state index in [-0.39, 0.29) is 12.1 Å². The van der Waals surface area contributed by atoms with E-state index in [0.717, 1.165) is 0 Å². The lowest BCUT2D eigenvalue weighted by Gasteiger charge is -2.39. The maximum absolute atomic E-state index is 12.2. The van der Waals surface area contributed by atoms with Crippen LogP contribution in [-0.2, 0) is 24.4 Å². The Morgan fingerprint density at radius 2 is 2.05 bits per heavy atom. The first-order chi connectivity index (χ1) is 9.80. The Morgan fingerprint density at radius 3 is 2.43 bits per heavy atom. The minimum atomic E-state index is -4.70. The summed E-state index contributed by atoms with van der Waals surface area (Å²) in [6.07, 6.45) is 0. The van der Waals surface area contributed by atoms with Crippen LogP contribution in [0.2, 0.25) is 0 Å². The number of carbonyl (C=O) groups is 2. The highest BCUT2D eigenvalue weighted by Crippen LogP contribution is 2.24. The van der Waals surface area contributed by atoms with Crippen LogP contribution in [0.25, 0.3) is 0 Å². The maximum Gasteiger partial charge on any atom is 0.281 e. The fourth-order valence-corrected chi connectivity index (χ4v) is 2.82. The Hall–Kier alpha value is -1.97. The molecule has 1 aliphatic heterocycles. The molecule has 1 saturated heterocycles. The molecule has 1 aromatic rings. The van der Waals surface area contributed by atoms with Gasteiger partial charge in [0.05, 0.1) is 6.54 Å². The van der Waals surface area contributed by atoms with Gasteiger partial charge in [0.25, 0.3) is 16.0 Å². The Morgan fingerprint density at radius 1 is 1.43 bits per heavy atom. The van der Waals surface area contributed by atoms with Gasteiger partial charge in [-0.2, -0.15) is 8.42 Å². The number of amides is 2. The lowest BCUT2D eigenvalue weighted by atomic mass is 10.1. The van der Waals surface area contributed by atoms with Crippen molar-refractivity contribution in [1.82, 2.24) is 10.6 Å². The van der Waals surface area contributed by atoms with Gasteiger partial charge in [-0.3, -0.25) is 14.1 Å². The van der Waals surface area contributed by atoms with E-state index in [1.807, 2.05) is 0 Å². The van der Waals surface area contributed by atoms with Gasteiger partial charge in [-0.1, -0.05) is 30.3 Å². The Kier molecular flexibility index (Phi) is 3.99. The van der Waals surface area contributed by atoms with E-state index in [4.69, 9.17) is 4.74 Å². The molecule has 1 fully saturated rings. The molecule has 0 radical (unpaired) electrons. The van der Waals surface area contributed by atoms with Crippen molar-refractivity contribution in [2.24, 2.45) is 0 Å². The van der Waals surface area contributed by atoms with E-state index in [1.54, 1.807) is 6.07 Å². The lowest BCUT2D eigenvalue weighted by molar-refractivity contribution is -0.166. The van der Waals surface area contributed by atoms with Gasteiger partial charge in [0.1, 0.15) is 0 Å². The first-order valence-electron chi connectivity index (χ1n) is 5.97. The van der Waals surface area contributed by atoms with Crippen LogP contribution in [0.4, 0.5) is 0 Å². The second kappa shape index (κ2) is 5.43. The number of ether oxygens (including phenoxy) is 1. The van der Waals surface area contributed by atoms with E-state index in [1.165, 1.54) is 31.4 Å². The Labute approximate surface area is 121 Å². The molecule has 0 spiro atoms. The van der Waals surface area contributed by atoms with Crippen LogP contribution in [0.1, 0.15) is 10.8 Å². The van der Waals surface area contributed by atoms with E-state index in [9.17, 15) is 22.6 Å². The summed E-state index contributed by atoms with van der Waals surface area (Å²) in [5.74, 6) is -1.62. The van der Waals surface area contributed by atoms with Crippen LogP contribution < -0.4 is 10.6 Å². The number of nitrogens with one attached hydrogen (secondary N) is 2. The van der Waals surface area contributed by atoms with Crippen molar-refractivity contribution >= 4 is 21.9 Å². The molecule has 2 atom stereocenters. The summed E-state index contributed by atoms with van der Waals surface area (Å²) in [6, 6.07) is 7.47. The standard InChI is InChI=1S/C12H14N2O6S/c1-20-12(7-13-11(12)16)14-10(15)9(21(17,18)19)8-5-3-2-4-6-8/h2-6,9H,7H2,1H3,(H,13,16)(H,14,15)(H,17,18,19)/t9?,12-/m1/s1. The number of methoxy groups -OCH3 is 1. The molecule has 21 heavy (non-hydrogen) atoms. The zero-order valence-electron chi connectivity index (χ0n) is 11.1. The Balaban J connectivity index is 2.31. The van der Waals surface area contributed by atoms with Crippen molar-refractivity contribution in [3.63, 3.8) is 0 Å². The minimum Gasteiger partial charge on any atom is -0.349 e. The van der Waals surface area contributed by atoms with Crippen LogP contribution in [0.3, 0.4) is 0 Å². The normalized spacial score (nSPS) is 22.9. The van der Waals surface area contributed by atoms with Crippen molar-refractivity contribution in [2.45, 2.75) is 11.0 Å². The van der Waals surface area contributed by atoms with Crippen molar-refractivity contribution in [1.29, 1.82) is 0 Å². The largest absolute Gasteiger partial charge is 0.349 e. The minimum absolute atomic E-state index is 0.0149. The molecule has 1 unspecified atom stereocenters. The number of rotatable bonds is 5. The zero-order valence-corrected chi connectivity index (χ0v) is 11.9. The number of carbonyl (C=O) groups excluding carboxylic acids is 2. The van der Waals surface area contributed by atoms with Gasteiger partial charge in [0.2, 0.25) is 11.6 Å². The van der Waals surface area contributed by atoms with Crippen molar-refractivity contribution in [3.05, 3.63) is 35.9 Å². The number of β-lactam (4-membered cyclic amide) rings is 1. The maximum atomic E-state index is 12.2. The summed E-state index contributed by atoms with van der Waals surface area (Å²) in [4.78, 5) is 23.7. The quantitative estimate of drug-likeness (QED) is 0.372. The van der Waals surface area contributed by atoms with E-state index in [0.29, 0.717) is 0 Å². The molecule has 2 rings (SSSR count). The highest BCUT2D eigenvalue weighted by molar-refractivity contribution is 7.86. The first-order valence-corrected chi connectivity index (χ1v) is 7.47. The molecule has 1 aliphatic rings. The van der Waals surface area contributed by atoms with Crippen LogP contribution in [0.15, 0.2) is 30.3 Å². The third-order valence-electron chi connectivity index (χ3n) is 3.18. The summed E-state index contributed by atoms with van der Waals surface area (Å²) >= 11 is 0. The summed E-state index contributed by atoms with van der Waals surface area (Å²) in [5, 5.41) is 2.77. The molecule has 0 saturated carbocycles. The highest BCUT2D eigenvalue weighted by Gasteiger charge is 2.50. The monoisotopic (exact) mass is 314 g/mol. The molecule has 2 amide bonds. The van der Waals surface area contributed by atoms with Gasteiger partial charge in [-0.25, -0.2) is 0 Å². The number of hydrogen-bond donors (Lipinski definition) is 3. The summed E-state index contributed by atoms with van der Waals surface area (Å²) in [7, 11) is -3.49. The smallest absolute Gasteiger partial charge is 0.281 e. The van der Waals surface area contributed by atoms with Crippen LogP contribution in [0.5, 0.6) is 0 Å². The molecule has 9 heteroatoms. The molecule has 3 N–H and O–H groups in total. The van der Waals surface area contributed by atoms with Crippen LogP contribution >= 0.6 is 0 Å². The summed E-state index contributed by atoms with van der Waals surface area (Å²) in [5.41, 5.74) is -1.52. The zero-order chi connectivity index (χ0) is 15.7. The van der Waals surface area contributed by atoms with Crippen LogP contribution in [-0.4, -0.2) is 44.2 Å². The lowest BCUT2D eigenvalue weighted by Crippen LogP contribution is -2.74. The third kappa shape index (κ3) is 2.89. The second-order valence-corrected chi connectivity index (χ2v) is 6.01. The predicted octanol–water partition coefficient (Wildman–Crippen LogP) is -0.796. The third-order valence-corrected chi connectivity index (χ3v) is 4.26. The number of benzene rings is 1. The highest BCUT2D eigenvalue weighted by atomic mass is 32.2. The second-order valence-electron chi connectivity index (χ2n) is 4.51. The molecular weight excluding hydrogens is 300 g/mol. The van der Waals surface area contributed by atoms with Gasteiger partial charge in [0, 0.05) is 7.11 Å². The topological polar surface area (TPSA) is 122 Å². The molecular formula is C12H14N2O6S. The van der Waals surface area contributed by atoms with E-state index >= 15 is 0 Å². The van der Waals surface area contributed by atoms with Crippen molar-refractivity contribution < 1.29 is 27.3 Å². The van der Waals surface area contributed by atoms with E-state index < -0.39 is 32.9 Å². The van der Waals surface area contributed by atoms with Gasteiger partial charge in [-0.05, 0) is 5.56 Å². The molecule has 0 bridgehead atoms. The molecule has 1 aromatic carbocycles. The molecule has 0 aromatic heterocycles. The van der Waals surface area contributed by atoms with Gasteiger partial charge in [0.15, 0.2) is 5.25 Å². The van der Waals surface area contributed by atoms with Crippen molar-refractivity contribution in [3.8, 4) is 0 Å². The SMILES string of the molecule is CO[C@]1(NC(=O)C(c2ccccc2)S(=O)(=O)O)CNC1=O. The summed E-state index contributed by atoms with van der Waals surface area (Å²) in [6.45, 7) is 0.0149. The molecule has 0 aliphatic carbocycles.